The number of esters is 1. The second kappa shape index (κ2) is 7.94. The molecule has 0 radical (unpaired) electrons. The van der Waals surface area contributed by atoms with Crippen molar-refractivity contribution < 1.29 is 19.1 Å². The number of pyridine rings is 1. The number of carbonyl (C=O) groups is 2. The number of hydrogen-bond acceptors (Lipinski definition) is 5. The van der Waals surface area contributed by atoms with Crippen LogP contribution in [0.5, 0.6) is 0 Å². The van der Waals surface area contributed by atoms with Crippen LogP contribution in [-0.2, 0) is 20.7 Å². The van der Waals surface area contributed by atoms with Gasteiger partial charge in [0.15, 0.2) is 0 Å². The summed E-state index contributed by atoms with van der Waals surface area (Å²) in [5.41, 5.74) is 2.14. The Balaban J connectivity index is 1.63. The molecular formula is C18H21N3O4. The Morgan fingerprint density at radius 2 is 2.12 bits per heavy atom. The highest BCUT2D eigenvalue weighted by Crippen LogP contribution is 2.24. The molecule has 2 N–H and O–H groups in total. The molecule has 132 valence electrons. The van der Waals surface area contributed by atoms with E-state index in [1.54, 1.807) is 6.20 Å². The summed E-state index contributed by atoms with van der Waals surface area (Å²) in [6, 6.07) is 9.51. The largest absolute Gasteiger partial charge is 0.468 e. The Morgan fingerprint density at radius 3 is 2.96 bits per heavy atom. The van der Waals surface area contributed by atoms with Crippen molar-refractivity contribution in [2.75, 3.05) is 26.9 Å². The second-order valence-corrected chi connectivity index (χ2v) is 6.00. The zero-order valence-corrected chi connectivity index (χ0v) is 14.0. The van der Waals surface area contributed by atoms with E-state index < -0.39 is 12.0 Å². The van der Waals surface area contributed by atoms with Gasteiger partial charge in [-0.05, 0) is 24.1 Å². The molecular weight excluding hydrogens is 322 g/mol. The molecule has 1 fully saturated rings. The molecule has 1 saturated heterocycles. The number of benzene rings is 1. The van der Waals surface area contributed by atoms with Gasteiger partial charge in [0, 0.05) is 17.5 Å². The number of fused-ring (bicyclic) bond motifs is 1. The van der Waals surface area contributed by atoms with Gasteiger partial charge in [-0.15, -0.1) is 0 Å². The van der Waals surface area contributed by atoms with Crippen LogP contribution in [0.2, 0.25) is 0 Å². The molecule has 0 spiro atoms. The first-order valence-corrected chi connectivity index (χ1v) is 8.19. The lowest BCUT2D eigenvalue weighted by Gasteiger charge is -2.20. The zero-order chi connectivity index (χ0) is 17.6. The van der Waals surface area contributed by atoms with Crippen molar-refractivity contribution in [1.82, 2.24) is 15.6 Å². The molecule has 0 saturated carbocycles. The van der Waals surface area contributed by atoms with Crippen molar-refractivity contribution in [1.29, 1.82) is 0 Å². The Kier molecular flexibility index (Phi) is 5.45. The fourth-order valence-electron chi connectivity index (χ4n) is 3.02. The number of ether oxygens (including phenoxy) is 2. The van der Waals surface area contributed by atoms with Crippen LogP contribution in [-0.4, -0.2) is 49.9 Å². The average Bonchev–Trinajstić information content (AvgIpc) is 3.06. The molecule has 1 aliphatic rings. The maximum Gasteiger partial charge on any atom is 0.325 e. The van der Waals surface area contributed by atoms with Gasteiger partial charge in [-0.2, -0.15) is 0 Å². The van der Waals surface area contributed by atoms with Gasteiger partial charge in [0.25, 0.3) is 0 Å². The van der Waals surface area contributed by atoms with Gasteiger partial charge in [-0.1, -0.05) is 18.2 Å². The molecule has 0 unspecified atom stereocenters. The maximum atomic E-state index is 11.9. The summed E-state index contributed by atoms with van der Waals surface area (Å²) in [5.74, 6) is -0.327. The predicted molar refractivity (Wildman–Crippen MR) is 92.1 cm³/mol. The van der Waals surface area contributed by atoms with E-state index in [9.17, 15) is 9.59 Å². The number of methoxy groups -OCH3 is 1. The fraction of sp³-hybridized carbons (Fsp3) is 0.389. The summed E-state index contributed by atoms with van der Waals surface area (Å²) in [4.78, 5) is 27.4. The molecule has 2 atom stereocenters. The molecule has 7 nitrogen and oxygen atoms in total. The van der Waals surface area contributed by atoms with Crippen LogP contribution in [0.1, 0.15) is 5.56 Å². The Morgan fingerprint density at radius 1 is 1.28 bits per heavy atom. The monoisotopic (exact) mass is 343 g/mol. The first-order chi connectivity index (χ1) is 12.2. The average molecular weight is 343 g/mol. The quantitative estimate of drug-likeness (QED) is 0.798. The molecule has 2 amide bonds. The van der Waals surface area contributed by atoms with Gasteiger partial charge in [-0.25, -0.2) is 4.79 Å². The summed E-state index contributed by atoms with van der Waals surface area (Å²) >= 11 is 0. The number of urea groups is 1. The van der Waals surface area contributed by atoms with Gasteiger partial charge < -0.3 is 20.1 Å². The van der Waals surface area contributed by atoms with E-state index in [-0.39, 0.29) is 18.5 Å². The molecule has 1 aromatic heterocycles. The van der Waals surface area contributed by atoms with Crippen LogP contribution in [0.4, 0.5) is 4.79 Å². The number of nitrogens with zero attached hydrogens (tertiary/aromatic N) is 1. The smallest absolute Gasteiger partial charge is 0.325 e. The molecule has 0 aliphatic carbocycles. The van der Waals surface area contributed by atoms with Crippen LogP contribution in [0.3, 0.4) is 0 Å². The Bertz CT molecular complexity index is 760. The summed E-state index contributed by atoms with van der Waals surface area (Å²) in [5, 5.41) is 6.48. The van der Waals surface area contributed by atoms with Crippen LogP contribution < -0.4 is 10.6 Å². The minimum atomic E-state index is -0.488. The maximum absolute atomic E-state index is 11.9. The Hall–Kier alpha value is -2.67. The predicted octanol–water partition coefficient (Wildman–Crippen LogP) is 1.26. The number of amides is 2. The van der Waals surface area contributed by atoms with Crippen molar-refractivity contribution in [3.05, 3.63) is 42.1 Å². The van der Waals surface area contributed by atoms with Crippen molar-refractivity contribution in [2.24, 2.45) is 5.92 Å². The van der Waals surface area contributed by atoms with E-state index in [0.717, 1.165) is 17.3 Å². The van der Waals surface area contributed by atoms with E-state index >= 15 is 0 Å². The number of rotatable bonds is 5. The number of aromatic nitrogens is 1. The normalized spacial score (nSPS) is 19.6. The minimum absolute atomic E-state index is 0.107. The van der Waals surface area contributed by atoms with E-state index in [1.165, 1.54) is 12.7 Å². The molecule has 3 rings (SSSR count). The van der Waals surface area contributed by atoms with Gasteiger partial charge in [0.1, 0.15) is 6.54 Å². The first-order valence-electron chi connectivity index (χ1n) is 8.19. The van der Waals surface area contributed by atoms with Crippen molar-refractivity contribution in [2.45, 2.75) is 12.5 Å². The Labute approximate surface area is 145 Å². The van der Waals surface area contributed by atoms with Gasteiger partial charge in [0.2, 0.25) is 0 Å². The fourth-order valence-corrected chi connectivity index (χ4v) is 3.02. The highest BCUT2D eigenvalue weighted by molar-refractivity contribution is 5.82. The highest BCUT2D eigenvalue weighted by atomic mass is 16.5. The van der Waals surface area contributed by atoms with Gasteiger partial charge in [0.05, 0.1) is 31.9 Å². The number of carbonyl (C=O) groups excluding carboxylic acids is 2. The summed E-state index contributed by atoms with van der Waals surface area (Å²) in [6.45, 7) is 0.882. The second-order valence-electron chi connectivity index (χ2n) is 6.00. The third-order valence-corrected chi connectivity index (χ3v) is 4.36. The zero-order valence-electron chi connectivity index (χ0n) is 14.0. The minimum Gasteiger partial charge on any atom is -0.468 e. The van der Waals surface area contributed by atoms with Crippen LogP contribution in [0.25, 0.3) is 10.9 Å². The topological polar surface area (TPSA) is 89.5 Å². The molecule has 25 heavy (non-hydrogen) atoms. The van der Waals surface area contributed by atoms with Crippen molar-refractivity contribution >= 4 is 22.9 Å². The van der Waals surface area contributed by atoms with Gasteiger partial charge >= 0.3 is 12.0 Å². The summed E-state index contributed by atoms with van der Waals surface area (Å²) < 4.78 is 10.1. The number of hydrogen-bond donors (Lipinski definition) is 2. The molecule has 2 aromatic rings. The lowest BCUT2D eigenvalue weighted by Crippen LogP contribution is -2.47. The third kappa shape index (κ3) is 4.24. The van der Waals surface area contributed by atoms with Crippen molar-refractivity contribution in [3.8, 4) is 0 Å². The standard InChI is InChI=1S/C18H21N3O4/c1-24-17(22)9-20-18(23)21-16-11-25-10-13(16)8-12-6-7-19-15-5-3-2-4-14(12)15/h2-7,13,16H,8-11H2,1H3,(H2,20,21,23)/t13-,16+/m1/s1. The molecule has 0 bridgehead atoms. The van der Waals surface area contributed by atoms with Crippen LogP contribution in [0.15, 0.2) is 36.5 Å². The van der Waals surface area contributed by atoms with E-state index in [0.29, 0.717) is 13.2 Å². The SMILES string of the molecule is COC(=O)CNC(=O)N[C@H]1COC[C@H]1Cc1ccnc2ccccc12. The summed E-state index contributed by atoms with van der Waals surface area (Å²) in [7, 11) is 1.28. The van der Waals surface area contributed by atoms with E-state index in [2.05, 4.69) is 26.4 Å². The lowest BCUT2D eigenvalue weighted by atomic mass is 9.93. The molecule has 2 heterocycles. The third-order valence-electron chi connectivity index (χ3n) is 4.36. The van der Waals surface area contributed by atoms with Crippen LogP contribution >= 0.6 is 0 Å². The van der Waals surface area contributed by atoms with Gasteiger partial charge in [-0.3, -0.25) is 9.78 Å². The first kappa shape index (κ1) is 17.2. The molecule has 1 aliphatic heterocycles. The molecule has 7 heteroatoms. The van der Waals surface area contributed by atoms with Crippen molar-refractivity contribution in [3.63, 3.8) is 0 Å². The number of para-hydroxylation sites is 1. The highest BCUT2D eigenvalue weighted by Gasteiger charge is 2.30. The molecule has 1 aromatic carbocycles. The van der Waals surface area contributed by atoms with E-state index in [1.807, 2.05) is 24.3 Å². The summed E-state index contributed by atoms with van der Waals surface area (Å²) in [6.07, 6.45) is 2.59. The lowest BCUT2D eigenvalue weighted by molar-refractivity contribution is -0.139. The number of nitrogens with one attached hydrogen (secondary N) is 2. The van der Waals surface area contributed by atoms with E-state index in [4.69, 9.17) is 4.74 Å². The van der Waals surface area contributed by atoms with Crippen LogP contribution in [0, 0.1) is 5.92 Å².